The van der Waals surface area contributed by atoms with Gasteiger partial charge in [0.1, 0.15) is 11.6 Å². The van der Waals surface area contributed by atoms with E-state index in [-0.39, 0.29) is 11.5 Å². The zero-order chi connectivity index (χ0) is 13.8. The number of hydrogen-bond acceptors (Lipinski definition) is 3. The Balaban J connectivity index is 2.13. The maximum absolute atomic E-state index is 13.5. The molecule has 19 heavy (non-hydrogen) atoms. The van der Waals surface area contributed by atoms with Crippen LogP contribution in [0.25, 0.3) is 0 Å². The highest BCUT2D eigenvalue weighted by Gasteiger charge is 2.10. The number of halogens is 1. The zero-order valence-corrected chi connectivity index (χ0v) is 11.1. The highest BCUT2D eigenvalue weighted by molar-refractivity contribution is 5.17. The molecule has 0 saturated heterocycles. The van der Waals surface area contributed by atoms with Gasteiger partial charge < -0.3 is 4.90 Å². The van der Waals surface area contributed by atoms with Crippen molar-refractivity contribution in [1.82, 2.24) is 19.7 Å². The van der Waals surface area contributed by atoms with Crippen LogP contribution in [0.15, 0.2) is 29.1 Å². The van der Waals surface area contributed by atoms with E-state index in [0.29, 0.717) is 30.9 Å². The highest BCUT2D eigenvalue weighted by atomic mass is 19.1. The molecule has 0 aliphatic rings. The van der Waals surface area contributed by atoms with Gasteiger partial charge in [0.25, 0.3) is 0 Å². The van der Waals surface area contributed by atoms with Gasteiger partial charge in [-0.25, -0.2) is 14.3 Å². The van der Waals surface area contributed by atoms with Crippen molar-refractivity contribution in [2.75, 3.05) is 14.1 Å². The first kappa shape index (κ1) is 13.5. The molecule has 0 fully saturated rings. The van der Waals surface area contributed by atoms with Gasteiger partial charge in [-0.15, -0.1) is 0 Å². The molecule has 0 atom stereocenters. The summed E-state index contributed by atoms with van der Waals surface area (Å²) < 4.78 is 15.1. The predicted molar refractivity (Wildman–Crippen MR) is 70.3 cm³/mol. The second-order valence-corrected chi connectivity index (χ2v) is 4.68. The number of H-pyrrole nitrogens is 1. The van der Waals surface area contributed by atoms with Gasteiger partial charge in [0.2, 0.25) is 0 Å². The lowest BCUT2D eigenvalue weighted by Crippen LogP contribution is -2.23. The quantitative estimate of drug-likeness (QED) is 0.877. The molecule has 0 radical (unpaired) electrons. The van der Waals surface area contributed by atoms with Crippen LogP contribution in [-0.2, 0) is 19.5 Å². The molecule has 1 aromatic heterocycles. The standard InChI is InChI=1S/C13H17FN4O/c1-17(2)9-12-15-16-13(19)18(12)8-7-10-5-3-4-6-11(10)14/h3-6H,7-9H2,1-2H3,(H,16,19). The summed E-state index contributed by atoms with van der Waals surface area (Å²) >= 11 is 0. The summed E-state index contributed by atoms with van der Waals surface area (Å²) in [4.78, 5) is 13.6. The summed E-state index contributed by atoms with van der Waals surface area (Å²) in [5.74, 6) is 0.416. The summed E-state index contributed by atoms with van der Waals surface area (Å²) in [6, 6.07) is 6.60. The molecule has 1 aromatic carbocycles. The Kier molecular flexibility index (Phi) is 4.11. The number of aromatic nitrogens is 3. The maximum atomic E-state index is 13.5. The molecule has 2 rings (SSSR count). The number of aromatic amines is 1. The highest BCUT2D eigenvalue weighted by Crippen LogP contribution is 2.08. The lowest BCUT2D eigenvalue weighted by Gasteiger charge is -2.10. The molecule has 1 N–H and O–H groups in total. The number of rotatable bonds is 5. The van der Waals surface area contributed by atoms with E-state index in [1.165, 1.54) is 6.07 Å². The van der Waals surface area contributed by atoms with Gasteiger partial charge >= 0.3 is 5.69 Å². The SMILES string of the molecule is CN(C)Cc1n[nH]c(=O)n1CCc1ccccc1F. The van der Waals surface area contributed by atoms with Crippen LogP contribution in [-0.4, -0.2) is 33.8 Å². The first-order valence-electron chi connectivity index (χ1n) is 6.10. The molecular weight excluding hydrogens is 247 g/mol. The first-order chi connectivity index (χ1) is 9.08. The van der Waals surface area contributed by atoms with Crippen molar-refractivity contribution in [2.24, 2.45) is 0 Å². The molecule has 0 aliphatic carbocycles. The van der Waals surface area contributed by atoms with Gasteiger partial charge in [-0.2, -0.15) is 5.10 Å². The van der Waals surface area contributed by atoms with Crippen LogP contribution >= 0.6 is 0 Å². The molecule has 5 nitrogen and oxygen atoms in total. The van der Waals surface area contributed by atoms with Crippen molar-refractivity contribution in [1.29, 1.82) is 0 Å². The van der Waals surface area contributed by atoms with E-state index in [9.17, 15) is 9.18 Å². The third-order valence-electron chi connectivity index (χ3n) is 2.86. The van der Waals surface area contributed by atoms with E-state index in [4.69, 9.17) is 0 Å². The summed E-state index contributed by atoms with van der Waals surface area (Å²) in [6.07, 6.45) is 0.465. The Morgan fingerprint density at radius 3 is 2.79 bits per heavy atom. The number of nitrogens with zero attached hydrogens (tertiary/aromatic N) is 3. The lowest BCUT2D eigenvalue weighted by molar-refractivity contribution is 0.379. The molecular formula is C13H17FN4O. The minimum absolute atomic E-state index is 0.242. The minimum atomic E-state index is -0.256. The van der Waals surface area contributed by atoms with E-state index >= 15 is 0 Å². The van der Waals surface area contributed by atoms with E-state index in [1.54, 1.807) is 22.8 Å². The fraction of sp³-hybridized carbons (Fsp3) is 0.385. The molecule has 6 heteroatoms. The van der Waals surface area contributed by atoms with Crippen LogP contribution in [0.4, 0.5) is 4.39 Å². The van der Waals surface area contributed by atoms with Crippen LogP contribution in [0.5, 0.6) is 0 Å². The Hall–Kier alpha value is -1.95. The second kappa shape index (κ2) is 5.79. The average molecular weight is 264 g/mol. The largest absolute Gasteiger partial charge is 0.343 e. The van der Waals surface area contributed by atoms with Gasteiger partial charge in [0.15, 0.2) is 0 Å². The van der Waals surface area contributed by atoms with Crippen molar-refractivity contribution in [3.8, 4) is 0 Å². The van der Waals surface area contributed by atoms with Crippen LogP contribution in [0.2, 0.25) is 0 Å². The van der Waals surface area contributed by atoms with Crippen LogP contribution in [0, 0.1) is 5.82 Å². The van der Waals surface area contributed by atoms with Crippen LogP contribution < -0.4 is 5.69 Å². The molecule has 0 saturated carbocycles. The van der Waals surface area contributed by atoms with E-state index < -0.39 is 0 Å². The number of nitrogens with one attached hydrogen (secondary N) is 1. The molecule has 0 spiro atoms. The summed E-state index contributed by atoms with van der Waals surface area (Å²) in [6.45, 7) is 0.982. The Morgan fingerprint density at radius 2 is 2.11 bits per heavy atom. The Labute approximate surface area is 110 Å². The summed E-state index contributed by atoms with van der Waals surface area (Å²) in [5.41, 5.74) is 0.347. The monoisotopic (exact) mass is 264 g/mol. The van der Waals surface area contributed by atoms with Crippen molar-refractivity contribution in [3.63, 3.8) is 0 Å². The van der Waals surface area contributed by atoms with Crippen molar-refractivity contribution < 1.29 is 4.39 Å². The van der Waals surface area contributed by atoms with E-state index in [0.717, 1.165) is 0 Å². The predicted octanol–water partition coefficient (Wildman–Crippen LogP) is 1.01. The van der Waals surface area contributed by atoms with Gasteiger partial charge in [-0.3, -0.25) is 4.57 Å². The van der Waals surface area contributed by atoms with Gasteiger partial charge in [0, 0.05) is 6.54 Å². The number of benzene rings is 1. The molecule has 0 amide bonds. The minimum Gasteiger partial charge on any atom is -0.302 e. The smallest absolute Gasteiger partial charge is 0.302 e. The number of aryl methyl sites for hydroxylation is 1. The summed E-state index contributed by atoms with van der Waals surface area (Å²) in [7, 11) is 3.81. The topological polar surface area (TPSA) is 53.9 Å². The maximum Gasteiger partial charge on any atom is 0.343 e. The molecule has 2 aromatic rings. The summed E-state index contributed by atoms with van der Waals surface area (Å²) in [5, 5.41) is 6.41. The van der Waals surface area contributed by atoms with Gasteiger partial charge in [-0.1, -0.05) is 18.2 Å². The second-order valence-electron chi connectivity index (χ2n) is 4.68. The third-order valence-corrected chi connectivity index (χ3v) is 2.86. The molecule has 0 aliphatic heterocycles. The van der Waals surface area contributed by atoms with Crippen molar-refractivity contribution in [3.05, 3.63) is 52.0 Å². The van der Waals surface area contributed by atoms with Crippen molar-refractivity contribution >= 4 is 0 Å². The molecule has 0 unspecified atom stereocenters. The van der Waals surface area contributed by atoms with E-state index in [2.05, 4.69) is 10.2 Å². The Morgan fingerprint density at radius 1 is 1.37 bits per heavy atom. The third kappa shape index (κ3) is 3.29. The molecule has 0 bridgehead atoms. The zero-order valence-electron chi connectivity index (χ0n) is 11.1. The van der Waals surface area contributed by atoms with Crippen LogP contribution in [0.3, 0.4) is 0 Å². The van der Waals surface area contributed by atoms with Gasteiger partial charge in [-0.05, 0) is 32.1 Å². The van der Waals surface area contributed by atoms with Gasteiger partial charge in [0.05, 0.1) is 6.54 Å². The normalized spacial score (nSPS) is 11.2. The molecule has 102 valence electrons. The first-order valence-corrected chi connectivity index (χ1v) is 6.10. The fourth-order valence-electron chi connectivity index (χ4n) is 1.92. The number of hydrogen-bond donors (Lipinski definition) is 1. The average Bonchev–Trinajstić information content (AvgIpc) is 2.69. The Bertz CT molecular complexity index is 603. The van der Waals surface area contributed by atoms with E-state index in [1.807, 2.05) is 19.0 Å². The van der Waals surface area contributed by atoms with Crippen molar-refractivity contribution in [2.45, 2.75) is 19.5 Å². The lowest BCUT2D eigenvalue weighted by atomic mass is 10.1. The fourth-order valence-corrected chi connectivity index (χ4v) is 1.92. The molecule has 1 heterocycles. The van der Waals surface area contributed by atoms with Crippen LogP contribution in [0.1, 0.15) is 11.4 Å².